The summed E-state index contributed by atoms with van der Waals surface area (Å²) >= 11 is 5.69. The molecule has 0 aromatic heterocycles. The molecule has 0 atom stereocenters. The number of fused-ring (bicyclic) bond motifs is 2. The van der Waals surface area contributed by atoms with Crippen molar-refractivity contribution in [2.45, 2.75) is 37.5 Å². The number of unbranched alkanes of at least 4 members (excludes halogenated alkanes) is 3. The maximum absolute atomic E-state index is 13.7. The van der Waals surface area contributed by atoms with Crippen molar-refractivity contribution in [3.05, 3.63) is 87.6 Å². The number of hydrogen-bond donors (Lipinski definition) is 2. The number of carbonyl (C=O) groups excluding carboxylic acids is 1. The molecule has 272 valence electrons. The minimum Gasteiger partial charge on any atom is -0.478 e. The molecule has 2 saturated heterocycles. The average molecular weight is 747 g/mol. The quantitative estimate of drug-likeness (QED) is 0.0861. The van der Waals surface area contributed by atoms with Gasteiger partial charge in [0, 0.05) is 42.4 Å². The number of carbonyl (C=O) groups is 2. The SMILES string of the molecule is O=C(NCCOCCOCCCCCCCl)c1ccc(C(=O)O)c(C2=C3C=CC(=[N+]4CC(F)(F)C4)C=C3[SiH2]c3cc(N4CC(F)(F)C4)ccc32)c1. The van der Waals surface area contributed by atoms with E-state index in [-0.39, 0.29) is 50.5 Å². The number of benzene rings is 2. The van der Waals surface area contributed by atoms with Crippen LogP contribution in [0.25, 0.3) is 5.57 Å². The molecule has 2 fully saturated rings. The molecule has 2 aromatic carbocycles. The lowest BCUT2D eigenvalue weighted by atomic mass is 9.86. The fourth-order valence-corrected chi connectivity index (χ4v) is 8.95. The molecule has 4 aliphatic rings. The van der Waals surface area contributed by atoms with Gasteiger partial charge in [-0.15, -0.1) is 11.6 Å². The molecule has 14 heteroatoms. The van der Waals surface area contributed by atoms with Gasteiger partial charge in [0.25, 0.3) is 11.8 Å². The molecule has 1 amide bonds. The number of nitrogens with one attached hydrogen (secondary N) is 1. The van der Waals surface area contributed by atoms with Crippen LogP contribution in [0.1, 0.15) is 57.5 Å². The van der Waals surface area contributed by atoms with Gasteiger partial charge in [-0.25, -0.2) is 18.2 Å². The third kappa shape index (κ3) is 8.82. The van der Waals surface area contributed by atoms with E-state index >= 15 is 0 Å². The standard InChI is InChI=1S/C37H40ClF4N3O5Si/c38-11-3-1-2-4-13-49-15-16-50-14-12-43-34(46)24-5-8-27(35(47)48)30(17-24)33-28-9-6-25(44-20-36(39,40)21-44)18-31(28)51-32-19-26(7-10-29(32)33)45-22-37(41,42)23-45/h5-10,17-19H,1-4,11-16,20-23,51H2,(H-,43,46,47,48)/p+1. The second-order valence-corrected chi connectivity index (χ2v) is 15.6. The average Bonchev–Trinajstić information content (AvgIpc) is 3.08. The number of carboxylic acids is 1. The zero-order valence-corrected chi connectivity index (χ0v) is 30.3. The number of nitrogens with zero attached hydrogens (tertiary/aromatic N) is 2. The molecule has 0 unspecified atom stereocenters. The summed E-state index contributed by atoms with van der Waals surface area (Å²) in [4.78, 5) is 27.4. The van der Waals surface area contributed by atoms with Crippen molar-refractivity contribution in [1.82, 2.24) is 5.32 Å². The molecular weight excluding hydrogens is 706 g/mol. The Morgan fingerprint density at radius 1 is 0.902 bits per heavy atom. The van der Waals surface area contributed by atoms with Gasteiger partial charge in [-0.3, -0.25) is 4.79 Å². The molecule has 0 saturated carbocycles. The molecule has 0 radical (unpaired) electrons. The first-order valence-corrected chi connectivity index (χ1v) is 19.2. The molecule has 0 spiro atoms. The highest BCUT2D eigenvalue weighted by Gasteiger charge is 2.51. The summed E-state index contributed by atoms with van der Waals surface area (Å²) in [5.74, 6) is -6.42. The number of allylic oxidation sites excluding steroid dienone is 5. The van der Waals surface area contributed by atoms with Gasteiger partial charge >= 0.3 is 11.9 Å². The number of ether oxygens (including phenoxy) is 2. The van der Waals surface area contributed by atoms with Crippen molar-refractivity contribution in [3.63, 3.8) is 0 Å². The highest BCUT2D eigenvalue weighted by molar-refractivity contribution is 6.65. The van der Waals surface area contributed by atoms with E-state index in [0.29, 0.717) is 48.2 Å². The van der Waals surface area contributed by atoms with Crippen molar-refractivity contribution in [1.29, 1.82) is 0 Å². The Hall–Kier alpha value is -3.78. The fraction of sp³-hybridized carbons (Fsp3) is 0.432. The van der Waals surface area contributed by atoms with Crippen LogP contribution in [0.4, 0.5) is 23.2 Å². The molecule has 2 aromatic rings. The first-order valence-electron chi connectivity index (χ1n) is 17.2. The summed E-state index contributed by atoms with van der Waals surface area (Å²) in [5.41, 5.74) is 3.98. The van der Waals surface area contributed by atoms with Crippen LogP contribution in [0.2, 0.25) is 0 Å². The second-order valence-electron chi connectivity index (χ2n) is 13.3. The lowest BCUT2D eigenvalue weighted by Gasteiger charge is -2.41. The van der Waals surface area contributed by atoms with Crippen LogP contribution in [0, 0.1) is 0 Å². The first kappa shape index (κ1) is 37.0. The number of halogens is 5. The van der Waals surface area contributed by atoms with Crippen LogP contribution >= 0.6 is 11.6 Å². The maximum atomic E-state index is 13.7. The number of aromatic carboxylic acids is 1. The molecule has 3 aliphatic heterocycles. The van der Waals surface area contributed by atoms with Gasteiger partial charge in [-0.2, -0.15) is 8.78 Å². The molecule has 6 rings (SSSR count). The molecule has 2 N–H and O–H groups in total. The van der Waals surface area contributed by atoms with Crippen LogP contribution in [0.3, 0.4) is 0 Å². The Morgan fingerprint density at radius 3 is 2.35 bits per heavy atom. The summed E-state index contributed by atoms with van der Waals surface area (Å²) < 4.78 is 67.7. The smallest absolute Gasteiger partial charge is 0.361 e. The minimum atomic E-state index is -2.76. The monoisotopic (exact) mass is 746 g/mol. The van der Waals surface area contributed by atoms with Crippen LogP contribution in [-0.2, 0) is 9.47 Å². The predicted molar refractivity (Wildman–Crippen MR) is 192 cm³/mol. The Morgan fingerprint density at radius 2 is 1.65 bits per heavy atom. The maximum Gasteiger partial charge on any atom is 0.361 e. The summed E-state index contributed by atoms with van der Waals surface area (Å²) in [6.07, 6.45) is 9.60. The molecule has 0 bridgehead atoms. The lowest BCUT2D eigenvalue weighted by molar-refractivity contribution is -0.638. The first-order chi connectivity index (χ1) is 24.4. The van der Waals surface area contributed by atoms with E-state index < -0.39 is 33.2 Å². The third-order valence-corrected chi connectivity index (χ3v) is 11.6. The summed E-state index contributed by atoms with van der Waals surface area (Å²) in [6, 6.07) is 9.90. The predicted octanol–water partition coefficient (Wildman–Crippen LogP) is 4.57. The van der Waals surface area contributed by atoms with E-state index in [4.69, 9.17) is 21.1 Å². The lowest BCUT2D eigenvalue weighted by Crippen LogP contribution is -2.56. The van der Waals surface area contributed by atoms with Gasteiger partial charge in [0.2, 0.25) is 13.1 Å². The number of anilines is 1. The van der Waals surface area contributed by atoms with E-state index in [9.17, 15) is 32.3 Å². The number of carboxylic acid groups (broad SMARTS) is 1. The summed E-state index contributed by atoms with van der Waals surface area (Å²) in [7, 11) is -1.25. The van der Waals surface area contributed by atoms with E-state index in [1.165, 1.54) is 12.1 Å². The Bertz CT molecular complexity index is 1790. The normalized spacial score (nSPS) is 18.9. The highest BCUT2D eigenvalue weighted by Crippen LogP contribution is 2.39. The van der Waals surface area contributed by atoms with Crippen molar-refractivity contribution < 1.29 is 46.3 Å². The fourth-order valence-electron chi connectivity index (χ4n) is 6.76. The van der Waals surface area contributed by atoms with Crippen molar-refractivity contribution in [2.24, 2.45) is 0 Å². The number of amides is 1. The van der Waals surface area contributed by atoms with E-state index in [1.807, 2.05) is 24.3 Å². The van der Waals surface area contributed by atoms with E-state index in [1.54, 1.807) is 27.7 Å². The van der Waals surface area contributed by atoms with E-state index in [0.717, 1.165) is 47.2 Å². The van der Waals surface area contributed by atoms with Crippen LogP contribution in [0.5, 0.6) is 0 Å². The minimum absolute atomic E-state index is 0.0117. The summed E-state index contributed by atoms with van der Waals surface area (Å²) in [6.45, 7) is 0.453. The van der Waals surface area contributed by atoms with Gasteiger partial charge in [-0.05, 0) is 76.7 Å². The van der Waals surface area contributed by atoms with Crippen LogP contribution in [-0.4, -0.2) is 114 Å². The third-order valence-electron chi connectivity index (χ3n) is 9.37. The molecule has 51 heavy (non-hydrogen) atoms. The zero-order chi connectivity index (χ0) is 36.2. The van der Waals surface area contributed by atoms with Gasteiger partial charge in [-0.1, -0.05) is 24.1 Å². The van der Waals surface area contributed by atoms with Crippen molar-refractivity contribution in [2.75, 3.05) is 69.9 Å². The Labute approximate surface area is 301 Å². The van der Waals surface area contributed by atoms with Crippen LogP contribution < -0.4 is 15.4 Å². The molecular formula is C37H41ClF4N3O5Si+. The van der Waals surface area contributed by atoms with E-state index in [2.05, 4.69) is 5.32 Å². The highest BCUT2D eigenvalue weighted by atomic mass is 35.5. The van der Waals surface area contributed by atoms with Crippen molar-refractivity contribution in [3.8, 4) is 0 Å². The molecule has 1 aliphatic carbocycles. The Kier molecular flexibility index (Phi) is 11.5. The van der Waals surface area contributed by atoms with Crippen LogP contribution in [0.15, 0.2) is 65.4 Å². The molecule has 8 nitrogen and oxygen atoms in total. The largest absolute Gasteiger partial charge is 0.478 e. The van der Waals surface area contributed by atoms with Gasteiger partial charge in [0.1, 0.15) is 0 Å². The zero-order valence-electron chi connectivity index (χ0n) is 28.2. The van der Waals surface area contributed by atoms with Gasteiger partial charge in [0.05, 0.1) is 48.0 Å². The van der Waals surface area contributed by atoms with Gasteiger partial charge < -0.3 is 24.8 Å². The van der Waals surface area contributed by atoms with Gasteiger partial charge in [0.15, 0.2) is 5.71 Å². The second kappa shape index (κ2) is 15.8. The summed E-state index contributed by atoms with van der Waals surface area (Å²) in [5, 5.41) is 14.9. The number of rotatable bonds is 16. The number of alkyl halides is 5. The topological polar surface area (TPSA) is 91.1 Å². The Balaban J connectivity index is 1.21. The van der Waals surface area contributed by atoms with Crippen molar-refractivity contribution >= 4 is 55.2 Å². The number of hydrogen-bond acceptors (Lipinski definition) is 5. The molecule has 3 heterocycles.